The van der Waals surface area contributed by atoms with Crippen LogP contribution in [0.2, 0.25) is 0 Å². The number of hydrogen-bond donors (Lipinski definition) is 1. The molecule has 21 heavy (non-hydrogen) atoms. The van der Waals surface area contributed by atoms with Crippen molar-refractivity contribution in [3.05, 3.63) is 23.5 Å². The average molecular weight is 318 g/mol. The molecule has 118 valence electrons. The first kappa shape index (κ1) is 17.4. The summed E-state index contributed by atoms with van der Waals surface area (Å²) in [4.78, 5) is 10.5. The van der Waals surface area contributed by atoms with Gasteiger partial charge in [-0.3, -0.25) is 4.79 Å². The molecule has 0 fully saturated rings. The largest absolute Gasteiger partial charge is 0.469 e. The lowest BCUT2D eigenvalue weighted by Gasteiger charge is -2.18. The SMILES string of the molecule is COC(=O)CCCN(C)S(=O)(=O)c1cc(N)c(C)cc1F. The number of halogens is 1. The number of methoxy groups -OCH3 is 1. The summed E-state index contributed by atoms with van der Waals surface area (Å²) < 4.78 is 43.9. The maximum absolute atomic E-state index is 13.9. The minimum absolute atomic E-state index is 0.0741. The van der Waals surface area contributed by atoms with E-state index < -0.39 is 26.7 Å². The zero-order chi connectivity index (χ0) is 16.2. The quantitative estimate of drug-likeness (QED) is 0.630. The maximum Gasteiger partial charge on any atom is 0.305 e. The Morgan fingerprint density at radius 2 is 2.05 bits per heavy atom. The van der Waals surface area contributed by atoms with Gasteiger partial charge in [-0.05, 0) is 31.0 Å². The van der Waals surface area contributed by atoms with E-state index in [1.165, 1.54) is 14.2 Å². The maximum atomic E-state index is 13.9. The lowest BCUT2D eigenvalue weighted by molar-refractivity contribution is -0.140. The van der Waals surface area contributed by atoms with Crippen molar-refractivity contribution in [2.45, 2.75) is 24.7 Å². The molecule has 0 bridgehead atoms. The number of carbonyl (C=O) groups excluding carboxylic acids is 1. The van der Waals surface area contributed by atoms with Crippen LogP contribution in [0.15, 0.2) is 17.0 Å². The third-order valence-electron chi connectivity index (χ3n) is 3.09. The Labute approximate surface area is 123 Å². The van der Waals surface area contributed by atoms with Crippen molar-refractivity contribution < 1.29 is 22.3 Å². The molecule has 1 rings (SSSR count). The molecule has 1 aromatic rings. The molecule has 0 unspecified atom stereocenters. The Kier molecular flexibility index (Phi) is 5.68. The van der Waals surface area contributed by atoms with Gasteiger partial charge in [-0.2, -0.15) is 0 Å². The molecule has 6 nitrogen and oxygen atoms in total. The molecule has 0 atom stereocenters. The minimum atomic E-state index is -3.99. The van der Waals surface area contributed by atoms with E-state index in [-0.39, 0.29) is 25.1 Å². The molecule has 0 radical (unpaired) electrons. The highest BCUT2D eigenvalue weighted by molar-refractivity contribution is 7.89. The van der Waals surface area contributed by atoms with Crippen LogP contribution in [0.4, 0.5) is 10.1 Å². The van der Waals surface area contributed by atoms with Crippen LogP contribution in [0, 0.1) is 12.7 Å². The second-order valence-corrected chi connectivity index (χ2v) is 6.66. The highest BCUT2D eigenvalue weighted by Gasteiger charge is 2.25. The van der Waals surface area contributed by atoms with Gasteiger partial charge in [0.2, 0.25) is 10.0 Å². The number of sulfonamides is 1. The Balaban J connectivity index is 2.90. The van der Waals surface area contributed by atoms with E-state index in [0.29, 0.717) is 5.56 Å². The zero-order valence-corrected chi connectivity index (χ0v) is 13.0. The summed E-state index contributed by atoms with van der Waals surface area (Å²) in [5.41, 5.74) is 6.31. The number of nitrogens with two attached hydrogens (primary N) is 1. The van der Waals surface area contributed by atoms with Crippen molar-refractivity contribution in [2.75, 3.05) is 26.4 Å². The van der Waals surface area contributed by atoms with Gasteiger partial charge >= 0.3 is 5.97 Å². The normalized spacial score (nSPS) is 11.7. The van der Waals surface area contributed by atoms with E-state index in [1.54, 1.807) is 6.92 Å². The molecule has 0 amide bonds. The van der Waals surface area contributed by atoms with Crippen LogP contribution in [0.1, 0.15) is 18.4 Å². The number of benzene rings is 1. The van der Waals surface area contributed by atoms with Gasteiger partial charge in [0.05, 0.1) is 7.11 Å². The van der Waals surface area contributed by atoms with Crippen LogP contribution >= 0.6 is 0 Å². The molecule has 0 aromatic heterocycles. The van der Waals surface area contributed by atoms with Gasteiger partial charge in [0.15, 0.2) is 0 Å². The van der Waals surface area contributed by atoms with Crippen molar-refractivity contribution in [1.29, 1.82) is 0 Å². The molecule has 2 N–H and O–H groups in total. The van der Waals surface area contributed by atoms with Crippen LogP contribution in [-0.2, 0) is 19.6 Å². The summed E-state index contributed by atoms with van der Waals surface area (Å²) in [6, 6.07) is 2.20. The van der Waals surface area contributed by atoms with Crippen LogP contribution in [0.5, 0.6) is 0 Å². The van der Waals surface area contributed by atoms with Crippen LogP contribution in [0.25, 0.3) is 0 Å². The molecular formula is C13H19FN2O4S. The number of anilines is 1. The van der Waals surface area contributed by atoms with Gasteiger partial charge in [-0.1, -0.05) is 0 Å². The molecule has 8 heteroatoms. The van der Waals surface area contributed by atoms with Crippen molar-refractivity contribution in [1.82, 2.24) is 4.31 Å². The fraction of sp³-hybridized carbons (Fsp3) is 0.462. The minimum Gasteiger partial charge on any atom is -0.469 e. The van der Waals surface area contributed by atoms with Gasteiger partial charge in [0, 0.05) is 25.7 Å². The second-order valence-electron chi connectivity index (χ2n) is 4.65. The molecule has 0 saturated carbocycles. The lowest BCUT2D eigenvalue weighted by atomic mass is 10.2. The van der Waals surface area contributed by atoms with Gasteiger partial charge in [0.1, 0.15) is 10.7 Å². The fourth-order valence-corrected chi connectivity index (χ4v) is 2.99. The summed E-state index contributed by atoms with van der Waals surface area (Å²) in [5.74, 6) is -1.27. The van der Waals surface area contributed by atoms with Crippen molar-refractivity contribution in [3.8, 4) is 0 Å². The number of hydrogen-bond acceptors (Lipinski definition) is 5. The first-order valence-electron chi connectivity index (χ1n) is 6.29. The highest BCUT2D eigenvalue weighted by Crippen LogP contribution is 2.24. The zero-order valence-electron chi connectivity index (χ0n) is 12.2. The number of esters is 1. The van der Waals surface area contributed by atoms with E-state index in [2.05, 4.69) is 4.74 Å². The molecule has 0 spiro atoms. The molecule has 0 aliphatic heterocycles. The van der Waals surface area contributed by atoms with E-state index in [0.717, 1.165) is 16.4 Å². The van der Waals surface area contributed by atoms with Gasteiger partial charge < -0.3 is 10.5 Å². The van der Waals surface area contributed by atoms with E-state index >= 15 is 0 Å². The number of nitrogen functional groups attached to an aromatic ring is 1. The second kappa shape index (κ2) is 6.86. The van der Waals surface area contributed by atoms with Crippen molar-refractivity contribution in [3.63, 3.8) is 0 Å². The monoisotopic (exact) mass is 318 g/mol. The summed E-state index contributed by atoms with van der Waals surface area (Å²) in [6.07, 6.45) is 0.375. The lowest BCUT2D eigenvalue weighted by Crippen LogP contribution is -2.29. The Morgan fingerprint density at radius 3 is 2.62 bits per heavy atom. The first-order valence-corrected chi connectivity index (χ1v) is 7.73. The van der Waals surface area contributed by atoms with Crippen LogP contribution in [0.3, 0.4) is 0 Å². The summed E-state index contributed by atoms with van der Waals surface area (Å²) >= 11 is 0. The molecular weight excluding hydrogens is 299 g/mol. The Morgan fingerprint density at radius 1 is 1.43 bits per heavy atom. The molecule has 1 aromatic carbocycles. The third-order valence-corrected chi connectivity index (χ3v) is 4.96. The number of aryl methyl sites for hydroxylation is 1. The molecule has 0 aliphatic rings. The Hall–Kier alpha value is -1.67. The predicted octanol–water partition coefficient (Wildman–Crippen LogP) is 1.29. The highest BCUT2D eigenvalue weighted by atomic mass is 32.2. The van der Waals surface area contributed by atoms with Crippen molar-refractivity contribution >= 4 is 21.7 Å². The van der Waals surface area contributed by atoms with E-state index in [1.807, 2.05) is 0 Å². The predicted molar refractivity (Wildman–Crippen MR) is 76.6 cm³/mol. The van der Waals surface area contributed by atoms with Gasteiger partial charge in [-0.25, -0.2) is 17.1 Å². The van der Waals surface area contributed by atoms with E-state index in [9.17, 15) is 17.6 Å². The first-order chi connectivity index (χ1) is 9.70. The molecule has 0 heterocycles. The van der Waals surface area contributed by atoms with Crippen molar-refractivity contribution in [2.24, 2.45) is 0 Å². The van der Waals surface area contributed by atoms with Crippen LogP contribution in [-0.4, -0.2) is 39.4 Å². The number of carbonyl (C=O) groups is 1. The smallest absolute Gasteiger partial charge is 0.305 e. The summed E-state index contributed by atoms with van der Waals surface area (Å²) in [7, 11) is -1.41. The standard InChI is InChI=1S/C13H19FN2O4S/c1-9-7-10(14)12(8-11(9)15)21(18,19)16(2)6-4-5-13(17)20-3/h7-8H,4-6,15H2,1-3H3. The number of ether oxygens (including phenoxy) is 1. The Bertz CT molecular complexity index is 631. The summed E-state index contributed by atoms with van der Waals surface area (Å²) in [5, 5.41) is 0. The number of nitrogens with zero attached hydrogens (tertiary/aromatic N) is 1. The number of rotatable bonds is 6. The van der Waals surface area contributed by atoms with E-state index in [4.69, 9.17) is 5.73 Å². The molecule has 0 saturated heterocycles. The fourth-order valence-electron chi connectivity index (χ4n) is 1.70. The molecule has 0 aliphatic carbocycles. The van der Waals surface area contributed by atoms with Gasteiger partial charge in [-0.15, -0.1) is 0 Å². The topological polar surface area (TPSA) is 89.7 Å². The summed E-state index contributed by atoms with van der Waals surface area (Å²) in [6.45, 7) is 1.67. The van der Waals surface area contributed by atoms with Crippen LogP contribution < -0.4 is 5.73 Å². The van der Waals surface area contributed by atoms with Gasteiger partial charge in [0.25, 0.3) is 0 Å². The average Bonchev–Trinajstić information content (AvgIpc) is 2.42. The third kappa shape index (κ3) is 4.15.